The van der Waals surface area contributed by atoms with Gasteiger partial charge in [-0.1, -0.05) is 0 Å². The summed E-state index contributed by atoms with van der Waals surface area (Å²) in [7, 11) is 1.63. The van der Waals surface area contributed by atoms with Crippen LogP contribution < -0.4 is 4.74 Å². The Bertz CT molecular complexity index is 801. The van der Waals surface area contributed by atoms with E-state index in [0.29, 0.717) is 25.4 Å². The van der Waals surface area contributed by atoms with Gasteiger partial charge >= 0.3 is 0 Å². The molecule has 2 saturated heterocycles. The number of hydrogen-bond donors (Lipinski definition) is 0. The molecule has 2 aliphatic heterocycles. The number of aromatic nitrogens is 2. The van der Waals surface area contributed by atoms with Crippen molar-refractivity contribution in [1.29, 1.82) is 0 Å². The number of ether oxygens (including phenoxy) is 3. The molecular formula is C21H28N4O4. The van der Waals surface area contributed by atoms with Gasteiger partial charge in [0.2, 0.25) is 0 Å². The second kappa shape index (κ2) is 9.39. The van der Waals surface area contributed by atoms with Gasteiger partial charge in [-0.15, -0.1) is 0 Å². The van der Waals surface area contributed by atoms with Crippen LogP contribution in [0.5, 0.6) is 5.75 Å². The van der Waals surface area contributed by atoms with Crippen LogP contribution in [0.3, 0.4) is 0 Å². The van der Waals surface area contributed by atoms with Crippen LogP contribution in [0.25, 0.3) is 5.69 Å². The molecule has 1 aromatic heterocycles. The van der Waals surface area contributed by atoms with Gasteiger partial charge in [0.05, 0.1) is 38.7 Å². The Kier molecular flexibility index (Phi) is 6.43. The van der Waals surface area contributed by atoms with Crippen LogP contribution in [0.15, 0.2) is 36.5 Å². The molecule has 2 aliphatic rings. The summed E-state index contributed by atoms with van der Waals surface area (Å²) in [5, 5.41) is 4.45. The van der Waals surface area contributed by atoms with E-state index in [9.17, 15) is 4.79 Å². The number of hydrogen-bond acceptors (Lipinski definition) is 6. The first-order chi connectivity index (χ1) is 14.2. The lowest BCUT2D eigenvalue weighted by atomic mass is 10.3. The van der Waals surface area contributed by atoms with Crippen LogP contribution in [-0.4, -0.2) is 91.2 Å². The molecule has 156 valence electrons. The Morgan fingerprint density at radius 3 is 2.72 bits per heavy atom. The lowest BCUT2D eigenvalue weighted by molar-refractivity contribution is 0.00423. The largest absolute Gasteiger partial charge is 0.497 e. The SMILES string of the molecule is COc1ccc(-n2ccc(C(=O)N3CC[C@@H](OCCN4CCOCC4)C3)n2)cc1. The molecule has 0 saturated carbocycles. The van der Waals surface area contributed by atoms with Crippen molar-refractivity contribution in [2.45, 2.75) is 12.5 Å². The fraction of sp³-hybridized carbons (Fsp3) is 0.524. The maximum Gasteiger partial charge on any atom is 0.274 e. The van der Waals surface area contributed by atoms with Crippen molar-refractivity contribution in [3.8, 4) is 11.4 Å². The molecule has 0 aliphatic carbocycles. The third kappa shape index (κ3) is 4.95. The summed E-state index contributed by atoms with van der Waals surface area (Å²) in [6.07, 6.45) is 2.78. The maximum absolute atomic E-state index is 12.8. The number of carbonyl (C=O) groups is 1. The van der Waals surface area contributed by atoms with Gasteiger partial charge in [-0.25, -0.2) is 4.68 Å². The summed E-state index contributed by atoms with van der Waals surface area (Å²) in [4.78, 5) is 17.0. The van der Waals surface area contributed by atoms with Crippen LogP contribution in [0.1, 0.15) is 16.9 Å². The van der Waals surface area contributed by atoms with Crippen LogP contribution >= 0.6 is 0 Å². The van der Waals surface area contributed by atoms with Crippen molar-refractivity contribution < 1.29 is 19.0 Å². The van der Waals surface area contributed by atoms with E-state index in [1.807, 2.05) is 29.2 Å². The fourth-order valence-electron chi connectivity index (χ4n) is 3.70. The second-order valence-electron chi connectivity index (χ2n) is 7.33. The summed E-state index contributed by atoms with van der Waals surface area (Å²) in [5.74, 6) is 0.741. The summed E-state index contributed by atoms with van der Waals surface area (Å²) in [6, 6.07) is 9.33. The van der Waals surface area contributed by atoms with E-state index < -0.39 is 0 Å². The Labute approximate surface area is 170 Å². The Morgan fingerprint density at radius 2 is 1.97 bits per heavy atom. The Morgan fingerprint density at radius 1 is 1.17 bits per heavy atom. The molecule has 1 atom stereocenters. The Hall–Kier alpha value is -2.42. The summed E-state index contributed by atoms with van der Waals surface area (Å²) < 4.78 is 18.3. The van der Waals surface area contributed by atoms with Crippen molar-refractivity contribution in [2.24, 2.45) is 0 Å². The first-order valence-electron chi connectivity index (χ1n) is 10.1. The van der Waals surface area contributed by atoms with Gasteiger partial charge in [0, 0.05) is 38.9 Å². The zero-order valence-corrected chi connectivity index (χ0v) is 16.8. The van der Waals surface area contributed by atoms with Crippen LogP contribution in [0.4, 0.5) is 0 Å². The number of nitrogens with zero attached hydrogens (tertiary/aromatic N) is 4. The van der Waals surface area contributed by atoms with Crippen molar-refractivity contribution >= 4 is 5.91 Å². The van der Waals surface area contributed by atoms with Crippen molar-refractivity contribution in [3.63, 3.8) is 0 Å². The predicted molar refractivity (Wildman–Crippen MR) is 108 cm³/mol. The van der Waals surface area contributed by atoms with Gasteiger partial charge in [0.25, 0.3) is 5.91 Å². The molecule has 8 nitrogen and oxygen atoms in total. The molecule has 0 N–H and O–H groups in total. The highest BCUT2D eigenvalue weighted by atomic mass is 16.5. The number of carbonyl (C=O) groups excluding carboxylic acids is 1. The van der Waals surface area contributed by atoms with Gasteiger partial charge in [-0.3, -0.25) is 9.69 Å². The standard InChI is InChI=1S/C21H28N4O4/c1-27-18-4-2-17(3-5-18)25-9-7-20(22-25)21(26)24-8-6-19(16-24)29-15-12-23-10-13-28-14-11-23/h2-5,7,9,19H,6,8,10-16H2,1H3/t19-/m1/s1. The molecule has 0 spiro atoms. The molecule has 2 aromatic rings. The first kappa shape index (κ1) is 19.9. The average molecular weight is 400 g/mol. The molecule has 8 heteroatoms. The van der Waals surface area contributed by atoms with E-state index in [4.69, 9.17) is 14.2 Å². The summed E-state index contributed by atoms with van der Waals surface area (Å²) >= 11 is 0. The Balaban J connectivity index is 1.27. The van der Waals surface area contributed by atoms with E-state index >= 15 is 0 Å². The number of methoxy groups -OCH3 is 1. The number of amides is 1. The van der Waals surface area contributed by atoms with Gasteiger partial charge in [-0.05, 0) is 36.8 Å². The monoisotopic (exact) mass is 400 g/mol. The number of likely N-dealkylation sites (tertiary alicyclic amines) is 1. The summed E-state index contributed by atoms with van der Waals surface area (Å²) in [6.45, 7) is 6.47. The lowest BCUT2D eigenvalue weighted by Crippen LogP contribution is -2.39. The zero-order valence-electron chi connectivity index (χ0n) is 16.8. The van der Waals surface area contributed by atoms with Crippen molar-refractivity contribution in [2.75, 3.05) is 59.7 Å². The quantitative estimate of drug-likeness (QED) is 0.701. The van der Waals surface area contributed by atoms with Crippen LogP contribution in [-0.2, 0) is 9.47 Å². The zero-order chi connectivity index (χ0) is 20.1. The van der Waals surface area contributed by atoms with E-state index in [0.717, 1.165) is 50.7 Å². The lowest BCUT2D eigenvalue weighted by Gasteiger charge is -2.26. The van der Waals surface area contributed by atoms with Gasteiger partial charge in [0.1, 0.15) is 5.75 Å². The van der Waals surface area contributed by atoms with Gasteiger partial charge < -0.3 is 19.1 Å². The van der Waals surface area contributed by atoms with E-state index in [1.165, 1.54) is 0 Å². The van der Waals surface area contributed by atoms with E-state index in [2.05, 4.69) is 10.00 Å². The topological polar surface area (TPSA) is 69.1 Å². The van der Waals surface area contributed by atoms with Crippen molar-refractivity contribution in [1.82, 2.24) is 19.6 Å². The summed E-state index contributed by atoms with van der Waals surface area (Å²) in [5.41, 5.74) is 1.34. The first-order valence-corrected chi connectivity index (χ1v) is 10.1. The van der Waals surface area contributed by atoms with Crippen LogP contribution in [0, 0.1) is 0 Å². The molecule has 29 heavy (non-hydrogen) atoms. The van der Waals surface area contributed by atoms with E-state index in [-0.39, 0.29) is 12.0 Å². The highest BCUT2D eigenvalue weighted by Gasteiger charge is 2.28. The molecule has 1 aromatic carbocycles. The predicted octanol–water partition coefficient (Wildman–Crippen LogP) is 1.44. The third-order valence-electron chi connectivity index (χ3n) is 5.44. The molecule has 0 bridgehead atoms. The number of benzene rings is 1. The smallest absolute Gasteiger partial charge is 0.274 e. The highest BCUT2D eigenvalue weighted by molar-refractivity contribution is 5.92. The minimum Gasteiger partial charge on any atom is -0.497 e. The molecule has 1 amide bonds. The molecule has 0 radical (unpaired) electrons. The van der Waals surface area contributed by atoms with Crippen LogP contribution in [0.2, 0.25) is 0 Å². The average Bonchev–Trinajstić information content (AvgIpc) is 3.44. The minimum atomic E-state index is -0.0449. The number of morpholine rings is 1. The third-order valence-corrected chi connectivity index (χ3v) is 5.44. The normalized spacial score (nSPS) is 20.2. The highest BCUT2D eigenvalue weighted by Crippen LogP contribution is 2.18. The van der Waals surface area contributed by atoms with Crippen molar-refractivity contribution in [3.05, 3.63) is 42.2 Å². The molecule has 0 unspecified atom stereocenters. The molecule has 3 heterocycles. The van der Waals surface area contributed by atoms with Gasteiger partial charge in [-0.2, -0.15) is 5.10 Å². The van der Waals surface area contributed by atoms with E-state index in [1.54, 1.807) is 24.1 Å². The fourth-order valence-corrected chi connectivity index (χ4v) is 3.70. The maximum atomic E-state index is 12.8. The van der Waals surface area contributed by atoms with Gasteiger partial charge in [0.15, 0.2) is 5.69 Å². The minimum absolute atomic E-state index is 0.0449. The molecule has 2 fully saturated rings. The second-order valence-corrected chi connectivity index (χ2v) is 7.33. The number of rotatable bonds is 7. The molecule has 4 rings (SSSR count). The molecular weight excluding hydrogens is 372 g/mol.